The van der Waals surface area contributed by atoms with Crippen molar-refractivity contribution in [3.8, 4) is 0 Å². The minimum atomic E-state index is -4.63. The van der Waals surface area contributed by atoms with Gasteiger partial charge in [-0.25, -0.2) is 4.98 Å². The summed E-state index contributed by atoms with van der Waals surface area (Å²) < 4.78 is 39.9. The second-order valence-electron chi connectivity index (χ2n) is 7.48. The van der Waals surface area contributed by atoms with E-state index in [1.807, 2.05) is 4.90 Å². The monoisotopic (exact) mass is 437 g/mol. The molecule has 30 heavy (non-hydrogen) atoms. The normalized spacial score (nSPS) is 17.5. The van der Waals surface area contributed by atoms with Crippen molar-refractivity contribution >= 4 is 33.8 Å². The van der Waals surface area contributed by atoms with Gasteiger partial charge in [0.05, 0.1) is 5.69 Å². The molecule has 0 spiro atoms. The fraction of sp³-hybridized carbons (Fsp3) is 0.500. The summed E-state index contributed by atoms with van der Waals surface area (Å²) in [6.45, 7) is 1.04. The zero-order valence-electron chi connectivity index (χ0n) is 15.8. The molecule has 12 heteroatoms. The molecule has 5 rings (SSSR count). The van der Waals surface area contributed by atoms with E-state index in [1.54, 1.807) is 17.4 Å². The maximum atomic E-state index is 13.1. The van der Waals surface area contributed by atoms with E-state index in [9.17, 15) is 18.0 Å². The highest BCUT2D eigenvalue weighted by Crippen LogP contribution is 2.32. The summed E-state index contributed by atoms with van der Waals surface area (Å²) in [7, 11) is 0. The topological polar surface area (TPSA) is 88.3 Å². The molecule has 0 aromatic carbocycles. The Morgan fingerprint density at radius 2 is 1.97 bits per heavy atom. The predicted molar refractivity (Wildman–Crippen MR) is 103 cm³/mol. The minimum absolute atomic E-state index is 0.0377. The van der Waals surface area contributed by atoms with Crippen LogP contribution in [0, 0.1) is 5.92 Å². The van der Waals surface area contributed by atoms with E-state index in [2.05, 4.69) is 25.6 Å². The molecule has 1 N–H and O–H groups in total. The molecule has 0 radical (unpaired) electrons. The lowest BCUT2D eigenvalue weighted by Gasteiger charge is -2.31. The van der Waals surface area contributed by atoms with Crippen molar-refractivity contribution in [1.82, 2.24) is 24.8 Å². The lowest BCUT2D eigenvalue weighted by Crippen LogP contribution is -2.38. The first kappa shape index (κ1) is 19.2. The fourth-order valence-electron chi connectivity index (χ4n) is 3.95. The highest BCUT2D eigenvalue weighted by atomic mass is 32.1. The summed E-state index contributed by atoms with van der Waals surface area (Å²) in [6.07, 6.45) is -0.330. The fourth-order valence-corrected chi connectivity index (χ4v) is 5.00. The molecule has 1 fully saturated rings. The number of nitrogens with one attached hydrogen (secondary N) is 1. The van der Waals surface area contributed by atoms with Crippen molar-refractivity contribution in [3.05, 3.63) is 28.5 Å². The number of alkyl halides is 3. The first-order chi connectivity index (χ1) is 14.4. The third-order valence-electron chi connectivity index (χ3n) is 5.52. The number of carbonyl (C=O) groups is 1. The molecule has 3 aromatic rings. The van der Waals surface area contributed by atoms with Crippen molar-refractivity contribution in [3.63, 3.8) is 0 Å². The van der Waals surface area contributed by atoms with E-state index in [0.29, 0.717) is 36.9 Å². The Kier molecular flexibility index (Phi) is 4.60. The van der Waals surface area contributed by atoms with Gasteiger partial charge in [0.1, 0.15) is 5.82 Å². The van der Waals surface area contributed by atoms with E-state index in [-0.39, 0.29) is 17.5 Å². The van der Waals surface area contributed by atoms with Gasteiger partial charge in [-0.3, -0.25) is 4.79 Å². The lowest BCUT2D eigenvalue weighted by molar-refractivity contribution is -0.146. The van der Waals surface area contributed by atoms with E-state index in [0.717, 1.165) is 29.5 Å². The lowest BCUT2D eigenvalue weighted by atomic mass is 9.96. The molecule has 0 atom stereocenters. The number of amides is 1. The van der Waals surface area contributed by atoms with Gasteiger partial charge < -0.3 is 10.2 Å². The van der Waals surface area contributed by atoms with E-state index < -0.39 is 12.0 Å². The molecule has 1 saturated heterocycles. The smallest absolute Gasteiger partial charge is 0.355 e. The number of halogens is 3. The van der Waals surface area contributed by atoms with Crippen LogP contribution in [0.1, 0.15) is 35.7 Å². The van der Waals surface area contributed by atoms with E-state index >= 15 is 0 Å². The number of carbonyl (C=O) groups excluding carboxylic acids is 1. The van der Waals surface area contributed by atoms with Gasteiger partial charge in [0.2, 0.25) is 5.91 Å². The molecule has 0 bridgehead atoms. The Labute approximate surface area is 173 Å². The van der Waals surface area contributed by atoms with Gasteiger partial charge in [0.15, 0.2) is 10.8 Å². The molecule has 3 aromatic heterocycles. The Hall–Kier alpha value is -2.76. The molecule has 1 amide bonds. The zero-order valence-corrected chi connectivity index (χ0v) is 16.6. The summed E-state index contributed by atoms with van der Waals surface area (Å²) in [5.41, 5.74) is 1.13. The summed E-state index contributed by atoms with van der Waals surface area (Å²) in [4.78, 5) is 20.2. The van der Waals surface area contributed by atoms with Crippen molar-refractivity contribution in [1.29, 1.82) is 0 Å². The Bertz CT molecular complexity index is 1080. The number of anilines is 2. The number of fused-ring (bicyclic) bond motifs is 2. The van der Waals surface area contributed by atoms with Gasteiger partial charge in [-0.05, 0) is 44.2 Å². The maximum Gasteiger partial charge on any atom is 0.453 e. The van der Waals surface area contributed by atoms with Gasteiger partial charge in [-0.1, -0.05) is 0 Å². The molecule has 0 saturated carbocycles. The van der Waals surface area contributed by atoms with Crippen molar-refractivity contribution in [2.75, 3.05) is 23.3 Å². The highest BCUT2D eigenvalue weighted by molar-refractivity contribution is 7.15. The van der Waals surface area contributed by atoms with Crippen LogP contribution >= 0.6 is 11.3 Å². The van der Waals surface area contributed by atoms with Crippen LogP contribution in [0.5, 0.6) is 0 Å². The standard InChI is InChI=1S/C18H18F3N7OS/c19-18(20,21)16-25-24-13-4-5-14(26-28(13)16)27-8-6-10(7-9-27)15(29)23-17-22-11-2-1-3-12(11)30-17/h4-5,10H,1-3,6-9H2,(H,22,23,29). The largest absolute Gasteiger partial charge is 0.453 e. The van der Waals surface area contributed by atoms with Crippen LogP contribution in [-0.2, 0) is 23.8 Å². The Balaban J connectivity index is 1.24. The molecular weight excluding hydrogens is 419 g/mol. The third-order valence-corrected chi connectivity index (χ3v) is 6.59. The maximum absolute atomic E-state index is 13.1. The number of aromatic nitrogens is 5. The second kappa shape index (κ2) is 7.18. The molecule has 8 nitrogen and oxygen atoms in total. The number of thiazole rings is 1. The minimum Gasteiger partial charge on any atom is -0.355 e. The number of hydrogen-bond donors (Lipinski definition) is 1. The second-order valence-corrected chi connectivity index (χ2v) is 8.56. The van der Waals surface area contributed by atoms with Gasteiger partial charge in [0, 0.05) is 23.9 Å². The van der Waals surface area contributed by atoms with Gasteiger partial charge in [-0.15, -0.1) is 26.6 Å². The SMILES string of the molecule is O=C(Nc1nc2c(s1)CCC2)C1CCN(c2ccc3nnc(C(F)(F)F)n3n2)CC1. The molecule has 4 heterocycles. The predicted octanol–water partition coefficient (Wildman–Crippen LogP) is 2.94. The number of hydrogen-bond acceptors (Lipinski definition) is 7. The number of aryl methyl sites for hydroxylation is 2. The van der Waals surface area contributed by atoms with Crippen molar-refractivity contribution < 1.29 is 18.0 Å². The summed E-state index contributed by atoms with van der Waals surface area (Å²) in [5, 5.41) is 14.4. The molecule has 0 unspecified atom stereocenters. The molecule has 2 aliphatic rings. The molecular formula is C18H18F3N7OS. The highest BCUT2D eigenvalue weighted by Gasteiger charge is 2.38. The van der Waals surface area contributed by atoms with Crippen LogP contribution < -0.4 is 10.2 Å². The first-order valence-electron chi connectivity index (χ1n) is 9.72. The van der Waals surface area contributed by atoms with Gasteiger partial charge >= 0.3 is 6.18 Å². The third kappa shape index (κ3) is 3.48. The van der Waals surface area contributed by atoms with Crippen LogP contribution in [-0.4, -0.2) is 43.8 Å². The van der Waals surface area contributed by atoms with Crippen LogP contribution in [0.25, 0.3) is 5.65 Å². The van der Waals surface area contributed by atoms with Gasteiger partial charge in [0.25, 0.3) is 5.82 Å². The summed E-state index contributed by atoms with van der Waals surface area (Å²) >= 11 is 1.55. The summed E-state index contributed by atoms with van der Waals surface area (Å²) in [6, 6.07) is 3.09. The molecule has 1 aliphatic carbocycles. The van der Waals surface area contributed by atoms with E-state index in [4.69, 9.17) is 0 Å². The number of rotatable bonds is 3. The summed E-state index contributed by atoms with van der Waals surface area (Å²) in [5.74, 6) is -0.958. The zero-order chi connectivity index (χ0) is 20.9. The average molecular weight is 437 g/mol. The average Bonchev–Trinajstić information content (AvgIpc) is 3.41. The Morgan fingerprint density at radius 3 is 2.70 bits per heavy atom. The molecule has 1 aliphatic heterocycles. The van der Waals surface area contributed by atoms with E-state index in [1.165, 1.54) is 10.9 Å². The first-order valence-corrected chi connectivity index (χ1v) is 10.5. The quantitative estimate of drug-likeness (QED) is 0.678. The van der Waals surface area contributed by atoms with Crippen LogP contribution in [0.4, 0.5) is 24.1 Å². The van der Waals surface area contributed by atoms with Gasteiger partial charge in [-0.2, -0.15) is 17.7 Å². The van der Waals surface area contributed by atoms with Crippen molar-refractivity contribution in [2.45, 2.75) is 38.3 Å². The van der Waals surface area contributed by atoms with Crippen LogP contribution in [0.3, 0.4) is 0 Å². The van der Waals surface area contributed by atoms with Crippen LogP contribution in [0.15, 0.2) is 12.1 Å². The van der Waals surface area contributed by atoms with Crippen molar-refractivity contribution in [2.24, 2.45) is 5.92 Å². The van der Waals surface area contributed by atoms with Crippen LogP contribution in [0.2, 0.25) is 0 Å². The number of piperidine rings is 1. The molecule has 158 valence electrons. The Morgan fingerprint density at radius 1 is 1.17 bits per heavy atom. The number of nitrogens with zero attached hydrogens (tertiary/aromatic N) is 6.